The van der Waals surface area contributed by atoms with Crippen molar-refractivity contribution < 1.29 is 45.3 Å². The Hall–Kier alpha value is -1.39. The van der Waals surface area contributed by atoms with Gasteiger partial charge in [-0.25, -0.2) is 9.59 Å². The zero-order chi connectivity index (χ0) is 25.2. The third-order valence-corrected chi connectivity index (χ3v) is 8.70. The molecule has 0 N–H and O–H groups in total. The Morgan fingerprint density at radius 1 is 0.750 bits per heavy atom. The van der Waals surface area contributed by atoms with Gasteiger partial charge in [-0.3, -0.25) is 0 Å². The lowest BCUT2D eigenvalue weighted by Crippen LogP contribution is -2.48. The molecule has 0 aliphatic heterocycles. The molecule has 10 nitrogen and oxygen atoms in total. The van der Waals surface area contributed by atoms with Crippen molar-refractivity contribution in [2.24, 2.45) is 0 Å². The van der Waals surface area contributed by atoms with Crippen molar-refractivity contribution in [1.82, 2.24) is 0 Å². The zero-order valence-corrected chi connectivity index (χ0v) is 22.7. The van der Waals surface area contributed by atoms with Gasteiger partial charge in [0.1, 0.15) is 0 Å². The van der Waals surface area contributed by atoms with Gasteiger partial charge in [-0.2, -0.15) is 0 Å². The molecule has 32 heavy (non-hydrogen) atoms. The molecular weight excluding hydrogens is 456 g/mol. The molecule has 0 fully saturated rings. The minimum absolute atomic E-state index is 0.267. The van der Waals surface area contributed by atoms with Gasteiger partial charge in [0.2, 0.25) is 0 Å². The summed E-state index contributed by atoms with van der Waals surface area (Å²) in [5, 5.41) is 0. The number of rotatable bonds is 16. The Morgan fingerprint density at radius 3 is 1.47 bits per heavy atom. The first-order valence-corrected chi connectivity index (χ1v) is 13.9. The second-order valence-corrected chi connectivity index (χ2v) is 11.4. The maximum Gasteiger partial charge on any atom is 0.751 e. The summed E-state index contributed by atoms with van der Waals surface area (Å²) in [4.78, 5) is 22.3. The maximum atomic E-state index is 11.2. The molecule has 0 aromatic carbocycles. The molecular formula is C20H40O10Si2. The van der Waals surface area contributed by atoms with Crippen LogP contribution in [0.15, 0.2) is 24.3 Å². The molecule has 0 aliphatic carbocycles. The highest BCUT2D eigenvalue weighted by Crippen LogP contribution is 2.18. The van der Waals surface area contributed by atoms with Gasteiger partial charge < -0.3 is 35.7 Å². The summed E-state index contributed by atoms with van der Waals surface area (Å²) in [5.74, 6) is -0.950. The molecule has 0 saturated carbocycles. The second kappa shape index (κ2) is 18.1. The predicted molar refractivity (Wildman–Crippen MR) is 124 cm³/mol. The highest BCUT2D eigenvalue weighted by Gasteiger charge is 2.47. The van der Waals surface area contributed by atoms with Gasteiger partial charge in [-0.05, 0) is 41.0 Å². The standard InChI is InChI=1S/C13H26O5Si.C7H14O5Si/c1-6-16-19(17-7-2,18-8-3)11-9-10-15-13(14)12(4)5;1-6(2)7(8)12-13(9-3,10-4)11-5/h4,6-11H2,1-3,5H3;1H2,2-5H3. The van der Waals surface area contributed by atoms with E-state index in [-0.39, 0.29) is 11.5 Å². The molecule has 188 valence electrons. The van der Waals surface area contributed by atoms with Crippen molar-refractivity contribution in [2.45, 2.75) is 47.1 Å². The minimum Gasteiger partial charge on any atom is -0.462 e. The molecule has 0 saturated heterocycles. The lowest BCUT2D eigenvalue weighted by Gasteiger charge is -2.28. The molecule has 0 aromatic rings. The van der Waals surface area contributed by atoms with E-state index in [0.717, 1.165) is 0 Å². The third-order valence-electron chi connectivity index (χ3n) is 3.62. The lowest BCUT2D eigenvalue weighted by atomic mass is 10.4. The lowest BCUT2D eigenvalue weighted by molar-refractivity contribution is -0.139. The maximum absolute atomic E-state index is 11.2. The van der Waals surface area contributed by atoms with Crippen molar-refractivity contribution in [3.8, 4) is 0 Å². The molecule has 0 spiro atoms. The number of hydrogen-bond donors (Lipinski definition) is 0. The Kier molecular flexibility index (Phi) is 18.5. The van der Waals surface area contributed by atoms with Gasteiger partial charge >= 0.3 is 29.8 Å². The van der Waals surface area contributed by atoms with Gasteiger partial charge in [-0.15, -0.1) is 0 Å². The zero-order valence-electron chi connectivity index (χ0n) is 20.7. The number of ether oxygens (including phenoxy) is 1. The van der Waals surface area contributed by atoms with Crippen LogP contribution in [-0.4, -0.2) is 77.5 Å². The summed E-state index contributed by atoms with van der Waals surface area (Å²) < 4.78 is 41.6. The normalized spacial score (nSPS) is 11.2. The number of hydrogen-bond acceptors (Lipinski definition) is 10. The molecule has 0 rings (SSSR count). The molecule has 0 amide bonds. The summed E-state index contributed by atoms with van der Waals surface area (Å²) in [6, 6.07) is 0.645. The highest BCUT2D eigenvalue weighted by atomic mass is 28.4. The van der Waals surface area contributed by atoms with Crippen molar-refractivity contribution in [3.05, 3.63) is 24.3 Å². The molecule has 0 radical (unpaired) electrons. The van der Waals surface area contributed by atoms with Crippen molar-refractivity contribution in [2.75, 3.05) is 47.8 Å². The quantitative estimate of drug-likeness (QED) is 0.137. The van der Waals surface area contributed by atoms with E-state index in [1.54, 1.807) is 6.92 Å². The molecule has 0 bridgehead atoms. The van der Waals surface area contributed by atoms with Crippen LogP contribution in [0.2, 0.25) is 6.04 Å². The van der Waals surface area contributed by atoms with E-state index < -0.39 is 23.8 Å². The van der Waals surface area contributed by atoms with Gasteiger partial charge in [-0.1, -0.05) is 13.2 Å². The molecule has 0 aliphatic rings. The summed E-state index contributed by atoms with van der Waals surface area (Å²) in [7, 11) is -1.81. The fourth-order valence-corrected chi connectivity index (χ4v) is 5.88. The molecule has 0 heterocycles. The van der Waals surface area contributed by atoms with Crippen LogP contribution in [0.25, 0.3) is 0 Å². The highest BCUT2D eigenvalue weighted by molar-refractivity contribution is 6.60. The van der Waals surface area contributed by atoms with Crippen LogP contribution in [0.3, 0.4) is 0 Å². The van der Waals surface area contributed by atoms with E-state index >= 15 is 0 Å². The van der Waals surface area contributed by atoms with Crippen LogP contribution in [0, 0.1) is 0 Å². The fourth-order valence-electron chi connectivity index (χ4n) is 2.15. The Bertz CT molecular complexity index is 553. The SMILES string of the molecule is C=C(C)C(=O)OCCC[Si](OCC)(OCC)OCC.C=C(C)C(=O)O[Si](OC)(OC)OC. The van der Waals surface area contributed by atoms with Crippen LogP contribution in [0.4, 0.5) is 0 Å². The monoisotopic (exact) mass is 496 g/mol. The van der Waals surface area contributed by atoms with Crippen molar-refractivity contribution in [3.63, 3.8) is 0 Å². The van der Waals surface area contributed by atoms with E-state index in [0.29, 0.717) is 44.5 Å². The van der Waals surface area contributed by atoms with E-state index in [1.807, 2.05) is 20.8 Å². The van der Waals surface area contributed by atoms with Crippen LogP contribution < -0.4 is 0 Å². The number of esters is 1. The van der Waals surface area contributed by atoms with E-state index in [2.05, 4.69) is 13.2 Å². The molecule has 12 heteroatoms. The summed E-state index contributed by atoms with van der Waals surface area (Å²) >= 11 is 0. The van der Waals surface area contributed by atoms with Gasteiger partial charge in [0.15, 0.2) is 0 Å². The smallest absolute Gasteiger partial charge is 0.462 e. The summed E-state index contributed by atoms with van der Waals surface area (Å²) in [5.41, 5.74) is 0.672. The Labute approximate surface area is 194 Å². The average Bonchev–Trinajstić information content (AvgIpc) is 2.75. The van der Waals surface area contributed by atoms with Gasteiger partial charge in [0.25, 0.3) is 0 Å². The van der Waals surface area contributed by atoms with Crippen molar-refractivity contribution >= 4 is 29.8 Å². The van der Waals surface area contributed by atoms with E-state index in [9.17, 15) is 9.59 Å². The van der Waals surface area contributed by atoms with Crippen LogP contribution in [-0.2, 0) is 45.3 Å². The Balaban J connectivity index is 0. The van der Waals surface area contributed by atoms with Crippen LogP contribution in [0.1, 0.15) is 41.0 Å². The summed E-state index contributed by atoms with van der Waals surface area (Å²) in [6.45, 7) is 17.9. The largest absolute Gasteiger partial charge is 0.751 e. The average molecular weight is 497 g/mol. The van der Waals surface area contributed by atoms with Gasteiger partial charge in [0.05, 0.1) is 6.61 Å². The van der Waals surface area contributed by atoms with Crippen LogP contribution in [0.5, 0.6) is 0 Å². The first kappa shape index (κ1) is 32.8. The fraction of sp³-hybridized carbons (Fsp3) is 0.700. The molecule has 0 unspecified atom stereocenters. The predicted octanol–water partition coefficient (Wildman–Crippen LogP) is 3.02. The number of carbonyl (C=O) groups excluding carboxylic acids is 2. The molecule has 0 aromatic heterocycles. The molecule has 0 atom stereocenters. The van der Waals surface area contributed by atoms with Gasteiger partial charge in [0, 0.05) is 58.3 Å². The van der Waals surface area contributed by atoms with E-state index in [1.165, 1.54) is 28.3 Å². The Morgan fingerprint density at radius 2 is 1.16 bits per heavy atom. The van der Waals surface area contributed by atoms with Crippen molar-refractivity contribution in [1.29, 1.82) is 0 Å². The first-order chi connectivity index (χ1) is 15.0. The number of carbonyl (C=O) groups is 2. The second-order valence-electron chi connectivity index (χ2n) is 6.28. The minimum atomic E-state index is -3.25. The van der Waals surface area contributed by atoms with Crippen LogP contribution >= 0.6 is 0 Å². The summed E-state index contributed by atoms with van der Waals surface area (Å²) in [6.07, 6.45) is 0.658. The van der Waals surface area contributed by atoms with E-state index in [4.69, 9.17) is 35.7 Å². The first-order valence-electron chi connectivity index (χ1n) is 10.3. The topological polar surface area (TPSA) is 108 Å². The third kappa shape index (κ3) is 13.2.